The zero-order valence-electron chi connectivity index (χ0n) is 10.7. The van der Waals surface area contributed by atoms with Gasteiger partial charge in [-0.2, -0.15) is 0 Å². The summed E-state index contributed by atoms with van der Waals surface area (Å²) in [7, 11) is 0. The first-order valence-corrected chi connectivity index (χ1v) is 6.48. The number of nitrogens with one attached hydrogen (secondary N) is 1. The molecule has 0 saturated carbocycles. The second-order valence-corrected chi connectivity index (χ2v) is 4.71. The first-order valence-electron chi connectivity index (χ1n) is 6.48. The predicted molar refractivity (Wildman–Crippen MR) is 72.1 cm³/mol. The van der Waals surface area contributed by atoms with Gasteiger partial charge in [0.25, 0.3) is 0 Å². The van der Waals surface area contributed by atoms with Crippen molar-refractivity contribution in [2.24, 2.45) is 0 Å². The molecule has 2 N–H and O–H groups in total. The molecule has 1 aliphatic rings. The topological polar surface area (TPSA) is 52.6 Å². The highest BCUT2D eigenvalue weighted by Gasteiger charge is 2.21. The largest absolute Gasteiger partial charge is 0.481 e. The van der Waals surface area contributed by atoms with Crippen molar-refractivity contribution in [3.63, 3.8) is 0 Å². The highest BCUT2D eigenvalue weighted by atomic mass is 16.4. The van der Waals surface area contributed by atoms with Gasteiger partial charge < -0.3 is 15.3 Å². The van der Waals surface area contributed by atoms with Gasteiger partial charge in [-0.05, 0) is 24.1 Å². The van der Waals surface area contributed by atoms with Crippen molar-refractivity contribution in [1.82, 2.24) is 5.32 Å². The molecular weight excluding hydrogens is 228 g/mol. The summed E-state index contributed by atoms with van der Waals surface area (Å²) in [6, 6.07) is 8.58. The zero-order valence-corrected chi connectivity index (χ0v) is 10.7. The van der Waals surface area contributed by atoms with Crippen molar-refractivity contribution >= 4 is 11.7 Å². The van der Waals surface area contributed by atoms with Gasteiger partial charge in [-0.1, -0.05) is 19.1 Å². The van der Waals surface area contributed by atoms with Crippen LogP contribution in [0.3, 0.4) is 0 Å². The molecule has 0 aliphatic carbocycles. The van der Waals surface area contributed by atoms with Gasteiger partial charge in [-0.25, -0.2) is 0 Å². The number of piperazine rings is 1. The van der Waals surface area contributed by atoms with Gasteiger partial charge in [0.2, 0.25) is 0 Å². The van der Waals surface area contributed by atoms with Crippen LogP contribution in [0, 0.1) is 0 Å². The third-order valence-electron chi connectivity index (χ3n) is 3.39. The van der Waals surface area contributed by atoms with Crippen LogP contribution >= 0.6 is 0 Å². The average Bonchev–Trinajstić information content (AvgIpc) is 2.38. The predicted octanol–water partition coefficient (Wildman–Crippen LogP) is 1.50. The quantitative estimate of drug-likeness (QED) is 0.848. The maximum atomic E-state index is 10.7. The molecule has 4 nitrogen and oxygen atoms in total. The Kier molecular flexibility index (Phi) is 4.20. The highest BCUT2D eigenvalue weighted by Crippen LogP contribution is 2.18. The Labute approximate surface area is 108 Å². The fraction of sp³-hybridized carbons (Fsp3) is 0.500. The summed E-state index contributed by atoms with van der Waals surface area (Å²) < 4.78 is 0. The van der Waals surface area contributed by atoms with E-state index >= 15 is 0 Å². The lowest BCUT2D eigenvalue weighted by Gasteiger charge is -2.34. The minimum absolute atomic E-state index is 0.0436. The van der Waals surface area contributed by atoms with E-state index in [0.29, 0.717) is 0 Å². The molecule has 1 aromatic carbocycles. The summed E-state index contributed by atoms with van der Waals surface area (Å²) in [5, 5.41) is 12.1. The fourth-order valence-corrected chi connectivity index (χ4v) is 2.35. The average molecular weight is 248 g/mol. The molecule has 0 amide bonds. The lowest BCUT2D eigenvalue weighted by molar-refractivity contribution is -0.137. The minimum atomic E-state index is -0.740. The second kappa shape index (κ2) is 5.87. The Morgan fingerprint density at radius 2 is 2.17 bits per heavy atom. The van der Waals surface area contributed by atoms with Gasteiger partial charge in [0, 0.05) is 31.4 Å². The van der Waals surface area contributed by atoms with Gasteiger partial charge in [0.1, 0.15) is 0 Å². The molecule has 2 rings (SSSR count). The summed E-state index contributed by atoms with van der Waals surface area (Å²) >= 11 is 0. The number of aryl methyl sites for hydroxylation is 1. The standard InChI is InChI=1S/C14H20N2O2/c1-2-11-3-5-13(6-4-11)16-8-7-15-12(10-16)9-14(17)18/h3-6,12,15H,2,7-10H2,1H3,(H,17,18). The van der Waals surface area contributed by atoms with E-state index in [9.17, 15) is 4.79 Å². The van der Waals surface area contributed by atoms with Crippen LogP contribution < -0.4 is 10.2 Å². The molecule has 1 atom stereocenters. The van der Waals surface area contributed by atoms with Crippen LogP contribution in [0.2, 0.25) is 0 Å². The summed E-state index contributed by atoms with van der Waals surface area (Å²) in [4.78, 5) is 13.0. The molecule has 0 radical (unpaired) electrons. The number of carboxylic acid groups (broad SMARTS) is 1. The molecule has 1 fully saturated rings. The lowest BCUT2D eigenvalue weighted by atomic mass is 10.1. The molecule has 0 aromatic heterocycles. The molecule has 1 heterocycles. The van der Waals surface area contributed by atoms with Crippen LogP contribution in [0.5, 0.6) is 0 Å². The number of carbonyl (C=O) groups is 1. The normalized spacial score (nSPS) is 19.8. The van der Waals surface area contributed by atoms with Gasteiger partial charge in [0.15, 0.2) is 0 Å². The number of rotatable bonds is 4. The minimum Gasteiger partial charge on any atom is -0.481 e. The number of benzene rings is 1. The molecular formula is C14H20N2O2. The first kappa shape index (κ1) is 12.9. The molecule has 0 spiro atoms. The van der Waals surface area contributed by atoms with Crippen LogP contribution in [0.1, 0.15) is 18.9 Å². The van der Waals surface area contributed by atoms with Gasteiger partial charge in [-0.15, -0.1) is 0 Å². The van der Waals surface area contributed by atoms with Gasteiger partial charge in [0.05, 0.1) is 6.42 Å². The Hall–Kier alpha value is -1.55. The fourth-order valence-electron chi connectivity index (χ4n) is 2.35. The first-order chi connectivity index (χ1) is 8.69. The third-order valence-corrected chi connectivity index (χ3v) is 3.39. The maximum absolute atomic E-state index is 10.7. The Balaban J connectivity index is 2.01. The number of hydrogen-bond donors (Lipinski definition) is 2. The van der Waals surface area contributed by atoms with Crippen LogP contribution in [0.15, 0.2) is 24.3 Å². The molecule has 1 aromatic rings. The molecule has 0 bridgehead atoms. The van der Waals surface area contributed by atoms with Crippen molar-refractivity contribution < 1.29 is 9.90 Å². The Bertz CT molecular complexity index is 403. The molecule has 18 heavy (non-hydrogen) atoms. The van der Waals surface area contributed by atoms with E-state index in [-0.39, 0.29) is 12.5 Å². The summed E-state index contributed by atoms with van der Waals surface area (Å²) in [5.41, 5.74) is 2.51. The molecule has 4 heteroatoms. The van der Waals surface area contributed by atoms with Crippen molar-refractivity contribution in [2.45, 2.75) is 25.8 Å². The number of carboxylic acids is 1. The number of aliphatic carboxylic acids is 1. The van der Waals surface area contributed by atoms with E-state index in [0.717, 1.165) is 26.1 Å². The number of hydrogen-bond acceptors (Lipinski definition) is 3. The summed E-state index contributed by atoms with van der Waals surface area (Å²) in [6.07, 6.45) is 1.23. The molecule has 1 aliphatic heterocycles. The lowest BCUT2D eigenvalue weighted by Crippen LogP contribution is -2.51. The van der Waals surface area contributed by atoms with Crippen molar-refractivity contribution in [2.75, 3.05) is 24.5 Å². The number of anilines is 1. The van der Waals surface area contributed by atoms with E-state index in [1.165, 1.54) is 11.3 Å². The van der Waals surface area contributed by atoms with Crippen LogP contribution in [0.25, 0.3) is 0 Å². The van der Waals surface area contributed by atoms with E-state index in [2.05, 4.69) is 41.4 Å². The second-order valence-electron chi connectivity index (χ2n) is 4.71. The molecule has 1 unspecified atom stereocenters. The van der Waals surface area contributed by atoms with Gasteiger partial charge >= 0.3 is 5.97 Å². The van der Waals surface area contributed by atoms with Crippen LogP contribution in [-0.2, 0) is 11.2 Å². The zero-order chi connectivity index (χ0) is 13.0. The Morgan fingerprint density at radius 1 is 1.44 bits per heavy atom. The van der Waals surface area contributed by atoms with E-state index in [1.54, 1.807) is 0 Å². The van der Waals surface area contributed by atoms with E-state index in [1.807, 2.05) is 0 Å². The highest BCUT2D eigenvalue weighted by molar-refractivity contribution is 5.67. The van der Waals surface area contributed by atoms with Crippen molar-refractivity contribution in [3.05, 3.63) is 29.8 Å². The third kappa shape index (κ3) is 3.23. The van der Waals surface area contributed by atoms with Gasteiger partial charge in [-0.3, -0.25) is 4.79 Å². The summed E-state index contributed by atoms with van der Waals surface area (Å²) in [6.45, 7) is 4.68. The van der Waals surface area contributed by atoms with Crippen LogP contribution in [-0.4, -0.2) is 36.8 Å². The number of nitrogens with zero attached hydrogens (tertiary/aromatic N) is 1. The van der Waals surface area contributed by atoms with Crippen molar-refractivity contribution in [1.29, 1.82) is 0 Å². The smallest absolute Gasteiger partial charge is 0.304 e. The monoisotopic (exact) mass is 248 g/mol. The molecule has 1 saturated heterocycles. The maximum Gasteiger partial charge on any atom is 0.304 e. The van der Waals surface area contributed by atoms with E-state index in [4.69, 9.17) is 5.11 Å². The Morgan fingerprint density at radius 3 is 2.78 bits per heavy atom. The SMILES string of the molecule is CCc1ccc(N2CCNC(CC(=O)O)C2)cc1. The molecule has 98 valence electrons. The van der Waals surface area contributed by atoms with E-state index < -0.39 is 5.97 Å². The summed E-state index contributed by atoms with van der Waals surface area (Å²) in [5.74, 6) is -0.740. The van der Waals surface area contributed by atoms with Crippen molar-refractivity contribution in [3.8, 4) is 0 Å². The van der Waals surface area contributed by atoms with Crippen LogP contribution in [0.4, 0.5) is 5.69 Å².